The maximum atomic E-state index is 2.60. The smallest absolute Gasteiger partial charge is 0.0240 e. The second-order valence-electron chi connectivity index (χ2n) is 8.11. The summed E-state index contributed by atoms with van der Waals surface area (Å²) in [6.07, 6.45) is 1.07. The topological polar surface area (TPSA) is 6.48 Å². The highest BCUT2D eigenvalue weighted by molar-refractivity contribution is 5.86. The van der Waals surface area contributed by atoms with Gasteiger partial charge in [0, 0.05) is 26.2 Å². The average molecular weight is 383 g/mol. The van der Waals surface area contributed by atoms with Gasteiger partial charge in [0.2, 0.25) is 0 Å². The molecule has 4 rings (SSSR count). The van der Waals surface area contributed by atoms with E-state index in [1.807, 2.05) is 0 Å². The van der Waals surface area contributed by atoms with Crippen LogP contribution in [0.25, 0.3) is 21.5 Å². The first kappa shape index (κ1) is 19.6. The molecule has 0 aliphatic carbocycles. The summed E-state index contributed by atoms with van der Waals surface area (Å²) in [5.41, 5.74) is 2.86. The lowest BCUT2D eigenvalue weighted by molar-refractivity contribution is 0.237. The van der Waals surface area contributed by atoms with Gasteiger partial charge in [0.05, 0.1) is 0 Å². The van der Waals surface area contributed by atoms with Crippen LogP contribution in [0.5, 0.6) is 0 Å². The molecule has 0 amide bonds. The third kappa shape index (κ3) is 4.84. The molecule has 148 valence electrons. The average Bonchev–Trinajstić information content (AvgIpc) is 2.75. The highest BCUT2D eigenvalue weighted by Crippen LogP contribution is 2.22. The standard InChI is InChI=1S/C27H30N2/c1-28(2)19-20-29(21-25-14-8-12-23-10-4-6-16-27(23)25)18-17-24-13-7-11-22-9-3-5-15-26(22)24/h3-16H,17-21H2,1-2H3. The zero-order valence-electron chi connectivity index (χ0n) is 17.5. The Kier molecular flexibility index (Phi) is 6.24. The summed E-state index contributed by atoms with van der Waals surface area (Å²) in [6.45, 7) is 4.19. The Morgan fingerprint density at radius 1 is 0.552 bits per heavy atom. The molecule has 0 saturated heterocycles. The molecule has 0 heterocycles. The Labute approximate surface area is 174 Å². The minimum absolute atomic E-state index is 0.986. The van der Waals surface area contributed by atoms with Crippen molar-refractivity contribution < 1.29 is 0 Å². The van der Waals surface area contributed by atoms with Crippen molar-refractivity contribution in [2.45, 2.75) is 13.0 Å². The molecule has 0 spiro atoms. The molecular weight excluding hydrogens is 352 g/mol. The lowest BCUT2D eigenvalue weighted by Crippen LogP contribution is -2.33. The molecule has 0 saturated carbocycles. The molecular formula is C27H30N2. The molecule has 0 N–H and O–H groups in total. The Balaban J connectivity index is 1.55. The van der Waals surface area contributed by atoms with E-state index in [9.17, 15) is 0 Å². The van der Waals surface area contributed by atoms with Gasteiger partial charge in [-0.05, 0) is 53.2 Å². The molecule has 0 atom stereocenters. The molecule has 29 heavy (non-hydrogen) atoms. The second-order valence-corrected chi connectivity index (χ2v) is 8.11. The van der Waals surface area contributed by atoms with Gasteiger partial charge >= 0.3 is 0 Å². The molecule has 4 aromatic carbocycles. The molecule has 0 bridgehead atoms. The first-order valence-corrected chi connectivity index (χ1v) is 10.5. The van der Waals surface area contributed by atoms with Crippen molar-refractivity contribution in [3.05, 3.63) is 96.1 Å². The fraction of sp³-hybridized carbons (Fsp3) is 0.259. The van der Waals surface area contributed by atoms with E-state index < -0.39 is 0 Å². The van der Waals surface area contributed by atoms with Gasteiger partial charge < -0.3 is 4.90 Å². The minimum Gasteiger partial charge on any atom is -0.308 e. The van der Waals surface area contributed by atoms with E-state index in [1.165, 1.54) is 32.7 Å². The van der Waals surface area contributed by atoms with Crippen molar-refractivity contribution in [1.82, 2.24) is 9.80 Å². The zero-order valence-corrected chi connectivity index (χ0v) is 17.5. The van der Waals surface area contributed by atoms with Gasteiger partial charge in [-0.25, -0.2) is 0 Å². The van der Waals surface area contributed by atoms with Gasteiger partial charge in [0.25, 0.3) is 0 Å². The zero-order chi connectivity index (χ0) is 20.1. The van der Waals surface area contributed by atoms with Gasteiger partial charge in [-0.3, -0.25) is 4.90 Å². The summed E-state index contributed by atoms with van der Waals surface area (Å²) in [5, 5.41) is 5.41. The van der Waals surface area contributed by atoms with E-state index in [4.69, 9.17) is 0 Å². The fourth-order valence-corrected chi connectivity index (χ4v) is 4.07. The highest BCUT2D eigenvalue weighted by atomic mass is 15.2. The normalized spacial score (nSPS) is 11.7. The van der Waals surface area contributed by atoms with Crippen molar-refractivity contribution in [3.63, 3.8) is 0 Å². The number of likely N-dealkylation sites (N-methyl/N-ethyl adjacent to an activating group) is 1. The largest absolute Gasteiger partial charge is 0.308 e. The van der Waals surface area contributed by atoms with Gasteiger partial charge in [0.15, 0.2) is 0 Å². The van der Waals surface area contributed by atoms with Gasteiger partial charge in [-0.2, -0.15) is 0 Å². The summed E-state index contributed by atoms with van der Waals surface area (Å²) in [5.74, 6) is 0. The highest BCUT2D eigenvalue weighted by Gasteiger charge is 2.10. The maximum absolute atomic E-state index is 2.60. The summed E-state index contributed by atoms with van der Waals surface area (Å²) < 4.78 is 0. The first-order valence-electron chi connectivity index (χ1n) is 10.5. The minimum atomic E-state index is 0.986. The Bertz CT molecular complexity index is 1070. The van der Waals surface area contributed by atoms with Crippen LogP contribution >= 0.6 is 0 Å². The fourth-order valence-electron chi connectivity index (χ4n) is 4.07. The molecule has 0 aliphatic heterocycles. The number of nitrogens with zero attached hydrogens (tertiary/aromatic N) is 2. The summed E-state index contributed by atoms with van der Waals surface area (Å²) in [6, 6.07) is 30.8. The van der Waals surface area contributed by atoms with Crippen LogP contribution in [-0.2, 0) is 13.0 Å². The summed E-state index contributed by atoms with van der Waals surface area (Å²) in [4.78, 5) is 4.87. The van der Waals surface area contributed by atoms with Gasteiger partial charge in [0.1, 0.15) is 0 Å². The molecule has 0 aromatic heterocycles. The van der Waals surface area contributed by atoms with Crippen LogP contribution < -0.4 is 0 Å². The van der Waals surface area contributed by atoms with E-state index in [0.29, 0.717) is 0 Å². The second kappa shape index (κ2) is 9.21. The molecule has 4 aromatic rings. The quantitative estimate of drug-likeness (QED) is 0.391. The third-order valence-electron chi connectivity index (χ3n) is 5.71. The first-order chi connectivity index (χ1) is 14.2. The summed E-state index contributed by atoms with van der Waals surface area (Å²) in [7, 11) is 4.31. The number of fused-ring (bicyclic) bond motifs is 2. The molecule has 0 unspecified atom stereocenters. The van der Waals surface area contributed by atoms with Crippen LogP contribution in [0.4, 0.5) is 0 Å². The van der Waals surface area contributed by atoms with E-state index in [0.717, 1.165) is 32.6 Å². The lowest BCUT2D eigenvalue weighted by atomic mass is 10.0. The third-order valence-corrected chi connectivity index (χ3v) is 5.71. The number of hydrogen-bond donors (Lipinski definition) is 0. The Morgan fingerprint density at radius 3 is 1.76 bits per heavy atom. The molecule has 0 fully saturated rings. The molecule has 2 nitrogen and oxygen atoms in total. The number of rotatable bonds is 8. The van der Waals surface area contributed by atoms with Crippen molar-refractivity contribution >= 4 is 21.5 Å². The van der Waals surface area contributed by atoms with E-state index in [-0.39, 0.29) is 0 Å². The molecule has 0 aliphatic rings. The lowest BCUT2D eigenvalue weighted by Gasteiger charge is -2.25. The van der Waals surface area contributed by atoms with Crippen molar-refractivity contribution in [2.75, 3.05) is 33.7 Å². The monoisotopic (exact) mass is 382 g/mol. The van der Waals surface area contributed by atoms with Crippen LogP contribution in [0.1, 0.15) is 11.1 Å². The predicted molar refractivity (Wildman–Crippen MR) is 125 cm³/mol. The van der Waals surface area contributed by atoms with E-state index >= 15 is 0 Å². The van der Waals surface area contributed by atoms with E-state index in [2.05, 4.69) is 109 Å². The van der Waals surface area contributed by atoms with Crippen LogP contribution in [0.2, 0.25) is 0 Å². The van der Waals surface area contributed by atoms with Crippen molar-refractivity contribution in [3.8, 4) is 0 Å². The Hall–Kier alpha value is -2.68. The Morgan fingerprint density at radius 2 is 1.10 bits per heavy atom. The molecule has 0 radical (unpaired) electrons. The SMILES string of the molecule is CN(C)CCN(CCc1cccc2ccccc12)Cc1cccc2ccccc12. The van der Waals surface area contributed by atoms with Crippen molar-refractivity contribution in [1.29, 1.82) is 0 Å². The van der Waals surface area contributed by atoms with Crippen LogP contribution in [0.3, 0.4) is 0 Å². The number of hydrogen-bond acceptors (Lipinski definition) is 2. The van der Waals surface area contributed by atoms with Crippen LogP contribution in [0, 0.1) is 0 Å². The predicted octanol–water partition coefficient (Wildman–Crippen LogP) is 5.60. The van der Waals surface area contributed by atoms with Crippen LogP contribution in [0.15, 0.2) is 84.9 Å². The summed E-state index contributed by atoms with van der Waals surface area (Å²) >= 11 is 0. The van der Waals surface area contributed by atoms with Gasteiger partial charge in [-0.1, -0.05) is 84.9 Å². The number of benzene rings is 4. The maximum Gasteiger partial charge on any atom is 0.0240 e. The van der Waals surface area contributed by atoms with Crippen LogP contribution in [-0.4, -0.2) is 43.5 Å². The van der Waals surface area contributed by atoms with Gasteiger partial charge in [-0.15, -0.1) is 0 Å². The van der Waals surface area contributed by atoms with E-state index in [1.54, 1.807) is 0 Å². The molecule has 2 heteroatoms. The van der Waals surface area contributed by atoms with Crippen molar-refractivity contribution in [2.24, 2.45) is 0 Å².